The van der Waals surface area contributed by atoms with Crippen molar-refractivity contribution in [2.24, 2.45) is 11.1 Å². The Kier molecular flexibility index (Phi) is 6.94. The summed E-state index contributed by atoms with van der Waals surface area (Å²) in [5, 5.41) is 16.9. The number of nitrogens with zero attached hydrogens (tertiary/aromatic N) is 1. The summed E-state index contributed by atoms with van der Waals surface area (Å²) in [5.74, 6) is -1.75. The summed E-state index contributed by atoms with van der Waals surface area (Å²) in [5.41, 5.74) is -1.33. The molecule has 1 rings (SSSR count). The van der Waals surface area contributed by atoms with Crippen LogP contribution in [0, 0.1) is 17.2 Å². The van der Waals surface area contributed by atoms with Gasteiger partial charge in [-0.3, -0.25) is 4.79 Å². The maximum Gasteiger partial charge on any atom is 0.342 e. The summed E-state index contributed by atoms with van der Waals surface area (Å²) >= 11 is 0. The topological polar surface area (TPSA) is 149 Å². The number of hydrogen-bond acceptors (Lipinski definition) is 7. The molecule has 0 fully saturated rings. The van der Waals surface area contributed by atoms with Crippen LogP contribution in [0.15, 0.2) is 23.1 Å². The van der Waals surface area contributed by atoms with Gasteiger partial charge >= 0.3 is 5.97 Å². The number of nitrogens with one attached hydrogen (secondary N) is 1. The maximum atomic E-state index is 12.4. The van der Waals surface area contributed by atoms with Crippen molar-refractivity contribution < 1.29 is 27.5 Å². The molecule has 0 bridgehead atoms. The van der Waals surface area contributed by atoms with E-state index in [0.717, 1.165) is 6.07 Å². The average Bonchev–Trinajstić information content (AvgIpc) is 2.59. The number of carbonyl (C=O) groups is 2. The third kappa shape index (κ3) is 5.42. The number of benzene rings is 1. The Morgan fingerprint density at radius 1 is 1.30 bits per heavy atom. The van der Waals surface area contributed by atoms with Gasteiger partial charge in [0.1, 0.15) is 16.9 Å². The number of nitriles is 1. The zero-order chi connectivity index (χ0) is 21.0. The lowest BCUT2D eigenvalue weighted by Crippen LogP contribution is -2.52. The van der Waals surface area contributed by atoms with Gasteiger partial charge in [0.25, 0.3) is 5.91 Å². The quantitative estimate of drug-likeness (QED) is 0.650. The molecule has 1 amide bonds. The highest BCUT2D eigenvalue weighted by atomic mass is 32.2. The summed E-state index contributed by atoms with van der Waals surface area (Å²) in [6.07, 6.45) is -1.23. The molecule has 9 nitrogen and oxygen atoms in total. The number of methoxy groups -OCH3 is 1. The summed E-state index contributed by atoms with van der Waals surface area (Å²) < 4.78 is 33.1. The van der Waals surface area contributed by atoms with E-state index in [1.807, 2.05) is 6.07 Å². The first-order chi connectivity index (χ1) is 12.4. The van der Waals surface area contributed by atoms with Crippen molar-refractivity contribution >= 4 is 21.9 Å². The zero-order valence-electron chi connectivity index (χ0n) is 15.8. The molecular formula is C17H23N3O6S. The van der Waals surface area contributed by atoms with Gasteiger partial charge in [-0.25, -0.2) is 18.4 Å². The van der Waals surface area contributed by atoms with Crippen LogP contribution in [0.5, 0.6) is 5.75 Å². The molecule has 0 saturated heterocycles. The fourth-order valence-corrected chi connectivity index (χ4v) is 2.50. The van der Waals surface area contributed by atoms with E-state index >= 15 is 0 Å². The van der Waals surface area contributed by atoms with Crippen molar-refractivity contribution in [3.05, 3.63) is 23.8 Å². The van der Waals surface area contributed by atoms with E-state index in [1.165, 1.54) is 26.2 Å². The number of ether oxygens (including phenoxy) is 2. The second kappa shape index (κ2) is 8.37. The van der Waals surface area contributed by atoms with E-state index in [-0.39, 0.29) is 22.1 Å². The highest BCUT2D eigenvalue weighted by Crippen LogP contribution is 2.23. The van der Waals surface area contributed by atoms with Gasteiger partial charge in [-0.1, -0.05) is 13.8 Å². The molecule has 0 saturated carbocycles. The van der Waals surface area contributed by atoms with Crippen LogP contribution in [0.4, 0.5) is 0 Å². The number of rotatable bonds is 7. The van der Waals surface area contributed by atoms with E-state index in [0.29, 0.717) is 0 Å². The monoisotopic (exact) mass is 397 g/mol. The minimum atomic E-state index is -4.04. The van der Waals surface area contributed by atoms with Crippen LogP contribution in [-0.4, -0.2) is 39.0 Å². The van der Waals surface area contributed by atoms with Gasteiger partial charge in [-0.2, -0.15) is 5.26 Å². The zero-order valence-corrected chi connectivity index (χ0v) is 16.6. The van der Waals surface area contributed by atoms with Crippen molar-refractivity contribution in [3.63, 3.8) is 0 Å². The number of carbonyl (C=O) groups excluding carboxylic acids is 2. The van der Waals surface area contributed by atoms with Gasteiger partial charge < -0.3 is 14.8 Å². The number of amides is 1. The van der Waals surface area contributed by atoms with Gasteiger partial charge in [0.05, 0.1) is 18.1 Å². The molecule has 0 unspecified atom stereocenters. The minimum Gasteiger partial charge on any atom is -0.496 e. The molecule has 148 valence electrons. The van der Waals surface area contributed by atoms with Crippen molar-refractivity contribution in [1.29, 1.82) is 5.26 Å². The fraction of sp³-hybridized carbons (Fsp3) is 0.471. The average molecular weight is 397 g/mol. The number of esters is 1. The minimum absolute atomic E-state index is 0.0593. The number of primary sulfonamides is 1. The van der Waals surface area contributed by atoms with Gasteiger partial charge in [-0.15, -0.1) is 0 Å². The van der Waals surface area contributed by atoms with Crippen LogP contribution in [0.25, 0.3) is 0 Å². The first-order valence-electron chi connectivity index (χ1n) is 8.00. The van der Waals surface area contributed by atoms with Gasteiger partial charge in [0, 0.05) is 0 Å². The van der Waals surface area contributed by atoms with E-state index < -0.39 is 33.5 Å². The van der Waals surface area contributed by atoms with Crippen LogP contribution < -0.4 is 15.2 Å². The van der Waals surface area contributed by atoms with E-state index in [4.69, 9.17) is 14.6 Å². The molecule has 27 heavy (non-hydrogen) atoms. The Labute approximate surface area is 158 Å². The van der Waals surface area contributed by atoms with Crippen molar-refractivity contribution in [2.75, 3.05) is 7.11 Å². The van der Waals surface area contributed by atoms with Gasteiger partial charge in [0.15, 0.2) is 6.10 Å². The summed E-state index contributed by atoms with van der Waals surface area (Å²) in [4.78, 5) is 24.4. The number of hydrogen-bond donors (Lipinski definition) is 2. The predicted octanol–water partition coefficient (Wildman–Crippen LogP) is 0.942. The van der Waals surface area contributed by atoms with Crippen LogP contribution >= 0.6 is 0 Å². The SMILES string of the molecule is COc1ccc(S(N)(=O)=O)cc1C(=O)O[C@H](C)C(=O)N[C@](C)(C#N)C(C)C. The van der Waals surface area contributed by atoms with Crippen LogP contribution in [0.3, 0.4) is 0 Å². The lowest BCUT2D eigenvalue weighted by atomic mass is 9.90. The first kappa shape index (κ1) is 22.4. The predicted molar refractivity (Wildman–Crippen MR) is 96.2 cm³/mol. The smallest absolute Gasteiger partial charge is 0.342 e. The Morgan fingerprint density at radius 3 is 2.33 bits per heavy atom. The molecule has 0 aliphatic carbocycles. The normalized spacial score (nSPS) is 14.6. The maximum absolute atomic E-state index is 12.4. The molecular weight excluding hydrogens is 374 g/mol. The highest BCUT2D eigenvalue weighted by molar-refractivity contribution is 7.89. The second-order valence-corrected chi connectivity index (χ2v) is 7.97. The standard InChI is InChI=1S/C17H23N3O6S/c1-10(2)17(4,9-18)20-15(21)11(3)26-16(22)13-8-12(27(19,23)24)6-7-14(13)25-5/h6-8,10-11H,1-5H3,(H,20,21)(H2,19,23,24)/t11-,17-/m1/s1. The molecule has 0 aromatic heterocycles. The summed E-state index contributed by atoms with van der Waals surface area (Å²) in [6, 6.07) is 5.47. The molecule has 0 heterocycles. The molecule has 0 aliphatic rings. The number of sulfonamides is 1. The third-order valence-electron chi connectivity index (χ3n) is 4.14. The Hall–Kier alpha value is -2.64. The summed E-state index contributed by atoms with van der Waals surface area (Å²) in [6.45, 7) is 6.43. The van der Waals surface area contributed by atoms with E-state index in [1.54, 1.807) is 20.8 Å². The van der Waals surface area contributed by atoms with Crippen molar-refractivity contribution in [3.8, 4) is 11.8 Å². The Balaban J connectivity index is 3.05. The fourth-order valence-electron chi connectivity index (χ4n) is 1.96. The Morgan fingerprint density at radius 2 is 1.89 bits per heavy atom. The first-order valence-corrected chi connectivity index (χ1v) is 9.55. The second-order valence-electron chi connectivity index (χ2n) is 6.41. The molecule has 10 heteroatoms. The highest BCUT2D eigenvalue weighted by Gasteiger charge is 2.33. The van der Waals surface area contributed by atoms with Crippen LogP contribution in [0.2, 0.25) is 0 Å². The van der Waals surface area contributed by atoms with E-state index in [2.05, 4.69) is 5.32 Å². The molecule has 1 aromatic rings. The Bertz CT molecular complexity index is 875. The third-order valence-corrected chi connectivity index (χ3v) is 5.05. The van der Waals surface area contributed by atoms with Crippen LogP contribution in [0.1, 0.15) is 38.1 Å². The molecule has 2 atom stereocenters. The van der Waals surface area contributed by atoms with E-state index in [9.17, 15) is 23.3 Å². The summed E-state index contributed by atoms with van der Waals surface area (Å²) in [7, 11) is -2.75. The van der Waals surface area contributed by atoms with Crippen LogP contribution in [-0.2, 0) is 19.6 Å². The number of nitrogens with two attached hydrogens (primary N) is 1. The molecule has 0 radical (unpaired) electrons. The molecule has 0 spiro atoms. The van der Waals surface area contributed by atoms with Gasteiger partial charge in [0.2, 0.25) is 10.0 Å². The largest absolute Gasteiger partial charge is 0.496 e. The van der Waals surface area contributed by atoms with Crippen molar-refractivity contribution in [2.45, 2.75) is 44.2 Å². The van der Waals surface area contributed by atoms with Gasteiger partial charge in [-0.05, 0) is 38.0 Å². The molecule has 1 aromatic carbocycles. The van der Waals surface area contributed by atoms with Crippen molar-refractivity contribution in [1.82, 2.24) is 5.32 Å². The lowest BCUT2D eigenvalue weighted by Gasteiger charge is -2.28. The molecule has 3 N–H and O–H groups in total. The lowest BCUT2D eigenvalue weighted by molar-refractivity contribution is -0.130. The molecule has 0 aliphatic heterocycles.